The largest absolute Gasteiger partial charge is 0.374 e. The van der Waals surface area contributed by atoms with Gasteiger partial charge in [-0.25, -0.2) is 4.39 Å². The zero-order valence-electron chi connectivity index (χ0n) is 6.47. The third kappa shape index (κ3) is 2.15. The molecule has 1 rings (SSSR count). The smallest absolute Gasteiger partial charge is 0.223 e. The summed E-state index contributed by atoms with van der Waals surface area (Å²) in [5.74, 6) is -0.228. The van der Waals surface area contributed by atoms with Gasteiger partial charge < -0.3 is 10.1 Å². The quantitative estimate of drug-likeness (QED) is 0.630. The van der Waals surface area contributed by atoms with Crippen LogP contribution in [0.4, 0.5) is 4.39 Å². The monoisotopic (exact) mass is 161 g/mol. The van der Waals surface area contributed by atoms with Gasteiger partial charge in [-0.2, -0.15) is 0 Å². The molecule has 2 unspecified atom stereocenters. The lowest BCUT2D eigenvalue weighted by Crippen LogP contribution is -2.46. The summed E-state index contributed by atoms with van der Waals surface area (Å²) in [4.78, 5) is 10.6. The van der Waals surface area contributed by atoms with E-state index in [0.29, 0.717) is 13.2 Å². The second-order valence-corrected chi connectivity index (χ2v) is 2.52. The molecule has 0 saturated carbocycles. The molecule has 1 saturated heterocycles. The third-order valence-electron chi connectivity index (χ3n) is 1.66. The Morgan fingerprint density at radius 3 is 3.09 bits per heavy atom. The van der Waals surface area contributed by atoms with Crippen molar-refractivity contribution in [1.82, 2.24) is 5.32 Å². The van der Waals surface area contributed by atoms with Gasteiger partial charge in [0.05, 0.1) is 6.42 Å². The van der Waals surface area contributed by atoms with Crippen molar-refractivity contribution in [3.8, 4) is 0 Å². The Labute approximate surface area is 64.9 Å². The normalized spacial score (nSPS) is 31.6. The highest BCUT2D eigenvalue weighted by Crippen LogP contribution is 2.11. The summed E-state index contributed by atoms with van der Waals surface area (Å²) in [7, 11) is 0. The minimum absolute atomic E-state index is 0.0648. The number of halogens is 1. The van der Waals surface area contributed by atoms with Gasteiger partial charge in [0.15, 0.2) is 0 Å². The van der Waals surface area contributed by atoms with E-state index < -0.39 is 12.3 Å². The average molecular weight is 161 g/mol. The van der Waals surface area contributed by atoms with E-state index in [2.05, 4.69) is 5.32 Å². The van der Waals surface area contributed by atoms with Crippen LogP contribution in [0.15, 0.2) is 0 Å². The molecule has 4 heteroatoms. The molecule has 0 aromatic rings. The number of nitrogens with one attached hydrogen (secondary N) is 1. The summed E-state index contributed by atoms with van der Waals surface area (Å²) in [6.07, 6.45) is -1.65. The molecule has 0 bridgehead atoms. The first-order chi connectivity index (χ1) is 5.24. The van der Waals surface area contributed by atoms with Gasteiger partial charge in [-0.05, 0) is 6.92 Å². The molecule has 2 atom stereocenters. The second-order valence-electron chi connectivity index (χ2n) is 2.52. The van der Waals surface area contributed by atoms with E-state index in [9.17, 15) is 9.18 Å². The third-order valence-corrected chi connectivity index (χ3v) is 1.66. The SMILES string of the molecule is CCOC1CNC(=O)CC1F. The lowest BCUT2D eigenvalue weighted by molar-refractivity contribution is -0.128. The molecule has 0 aromatic carbocycles. The van der Waals surface area contributed by atoms with E-state index in [1.165, 1.54) is 0 Å². The predicted molar refractivity (Wildman–Crippen MR) is 37.9 cm³/mol. The Balaban J connectivity index is 2.37. The van der Waals surface area contributed by atoms with E-state index in [1.54, 1.807) is 0 Å². The van der Waals surface area contributed by atoms with E-state index in [1.807, 2.05) is 6.92 Å². The second kappa shape index (κ2) is 3.67. The Hall–Kier alpha value is -0.640. The fraction of sp³-hybridized carbons (Fsp3) is 0.857. The molecule has 1 aliphatic heterocycles. The highest BCUT2D eigenvalue weighted by Gasteiger charge is 2.28. The van der Waals surface area contributed by atoms with Crippen LogP contribution in [0.2, 0.25) is 0 Å². The number of amides is 1. The minimum atomic E-state index is -1.14. The maximum atomic E-state index is 12.9. The fourth-order valence-electron chi connectivity index (χ4n) is 1.10. The molecular weight excluding hydrogens is 149 g/mol. The fourth-order valence-corrected chi connectivity index (χ4v) is 1.10. The summed E-state index contributed by atoms with van der Waals surface area (Å²) >= 11 is 0. The summed E-state index contributed by atoms with van der Waals surface area (Å²) in [6, 6.07) is 0. The Morgan fingerprint density at radius 1 is 1.82 bits per heavy atom. The van der Waals surface area contributed by atoms with Gasteiger partial charge in [-0.1, -0.05) is 0 Å². The lowest BCUT2D eigenvalue weighted by Gasteiger charge is -2.25. The zero-order chi connectivity index (χ0) is 8.27. The number of hydrogen-bond donors (Lipinski definition) is 1. The molecule has 1 fully saturated rings. The number of alkyl halides is 1. The molecule has 11 heavy (non-hydrogen) atoms. The molecule has 1 heterocycles. The van der Waals surface area contributed by atoms with E-state index in [0.717, 1.165) is 0 Å². The van der Waals surface area contributed by atoms with Crippen molar-refractivity contribution in [3.63, 3.8) is 0 Å². The van der Waals surface area contributed by atoms with Crippen LogP contribution in [0.3, 0.4) is 0 Å². The number of ether oxygens (including phenoxy) is 1. The van der Waals surface area contributed by atoms with Crippen LogP contribution in [-0.4, -0.2) is 31.3 Å². The molecule has 0 radical (unpaired) electrons. The van der Waals surface area contributed by atoms with Crippen molar-refractivity contribution in [2.24, 2.45) is 0 Å². The Kier molecular flexibility index (Phi) is 2.82. The molecule has 0 aromatic heterocycles. The number of carbonyl (C=O) groups excluding carboxylic acids is 1. The summed E-state index contributed by atoms with van der Waals surface area (Å²) in [5.41, 5.74) is 0. The first-order valence-corrected chi connectivity index (χ1v) is 3.76. The highest BCUT2D eigenvalue weighted by atomic mass is 19.1. The first-order valence-electron chi connectivity index (χ1n) is 3.76. The number of rotatable bonds is 2. The molecule has 1 N–H and O–H groups in total. The van der Waals surface area contributed by atoms with Gasteiger partial charge in [0.25, 0.3) is 0 Å². The van der Waals surface area contributed by atoms with Crippen LogP contribution in [0.1, 0.15) is 13.3 Å². The summed E-state index contributed by atoms with van der Waals surface area (Å²) in [5, 5.41) is 2.54. The molecule has 0 spiro atoms. The van der Waals surface area contributed by atoms with Gasteiger partial charge in [0.1, 0.15) is 12.3 Å². The Bertz CT molecular complexity index is 151. The van der Waals surface area contributed by atoms with E-state index in [-0.39, 0.29) is 12.3 Å². The van der Waals surface area contributed by atoms with Crippen LogP contribution >= 0.6 is 0 Å². The van der Waals surface area contributed by atoms with Crippen molar-refractivity contribution in [1.29, 1.82) is 0 Å². The van der Waals surface area contributed by atoms with Gasteiger partial charge in [-0.3, -0.25) is 4.79 Å². The summed E-state index contributed by atoms with van der Waals surface area (Å²) < 4.78 is 18.0. The minimum Gasteiger partial charge on any atom is -0.374 e. The van der Waals surface area contributed by atoms with Crippen molar-refractivity contribution >= 4 is 5.91 Å². The van der Waals surface area contributed by atoms with Crippen LogP contribution in [0.25, 0.3) is 0 Å². The van der Waals surface area contributed by atoms with Gasteiger partial charge in [-0.15, -0.1) is 0 Å². The van der Waals surface area contributed by atoms with Crippen LogP contribution in [-0.2, 0) is 9.53 Å². The molecule has 0 aliphatic carbocycles. The van der Waals surface area contributed by atoms with E-state index >= 15 is 0 Å². The van der Waals surface area contributed by atoms with Gasteiger partial charge in [0, 0.05) is 13.2 Å². The molecular formula is C7H12FNO2. The standard InChI is InChI=1S/C7H12FNO2/c1-2-11-6-4-9-7(10)3-5(6)8/h5-6H,2-4H2,1H3,(H,9,10). The topological polar surface area (TPSA) is 38.3 Å². The van der Waals surface area contributed by atoms with E-state index in [4.69, 9.17) is 4.74 Å². The van der Waals surface area contributed by atoms with Crippen LogP contribution in [0, 0.1) is 0 Å². The van der Waals surface area contributed by atoms with Crippen molar-refractivity contribution in [2.75, 3.05) is 13.2 Å². The maximum absolute atomic E-state index is 12.9. The number of carbonyl (C=O) groups is 1. The summed E-state index contributed by atoms with van der Waals surface area (Å²) in [6.45, 7) is 2.60. The van der Waals surface area contributed by atoms with Crippen molar-refractivity contribution < 1.29 is 13.9 Å². The average Bonchev–Trinajstić information content (AvgIpc) is 1.95. The van der Waals surface area contributed by atoms with Gasteiger partial charge in [0.2, 0.25) is 5.91 Å². The number of piperidine rings is 1. The van der Waals surface area contributed by atoms with Crippen LogP contribution < -0.4 is 5.32 Å². The van der Waals surface area contributed by atoms with Crippen molar-refractivity contribution in [2.45, 2.75) is 25.6 Å². The molecule has 3 nitrogen and oxygen atoms in total. The molecule has 64 valence electrons. The predicted octanol–water partition coefficient (Wildman–Crippen LogP) is 0.250. The maximum Gasteiger partial charge on any atom is 0.223 e. The zero-order valence-corrected chi connectivity index (χ0v) is 6.47. The lowest BCUT2D eigenvalue weighted by atomic mass is 10.1. The first kappa shape index (κ1) is 8.46. The molecule has 1 amide bonds. The Morgan fingerprint density at radius 2 is 2.55 bits per heavy atom. The number of hydrogen-bond acceptors (Lipinski definition) is 2. The van der Waals surface area contributed by atoms with Gasteiger partial charge >= 0.3 is 0 Å². The van der Waals surface area contributed by atoms with Crippen molar-refractivity contribution in [3.05, 3.63) is 0 Å². The highest BCUT2D eigenvalue weighted by molar-refractivity contribution is 5.77. The molecule has 1 aliphatic rings. The van der Waals surface area contributed by atoms with Crippen LogP contribution in [0.5, 0.6) is 0 Å².